The topological polar surface area (TPSA) is 82.2 Å². The number of pyridine rings is 1. The summed E-state index contributed by atoms with van der Waals surface area (Å²) in [5, 5.41) is 7.13. The zero-order valence-electron chi connectivity index (χ0n) is 17.5. The van der Waals surface area contributed by atoms with E-state index in [2.05, 4.69) is 28.2 Å². The standard InChI is InChI=1S/C24H25N5O2/c1-16-14-19-4-2-3-5-22(19)29(16)23(30)18-8-12-28(13-9-18)24(31)21-15-20(26-27-21)17-6-10-25-11-7-17/h2-7,10-11,15-16,18H,8-9,12-14H2,1H3,(H,26,27)/t16-/m1/s1. The number of hydrogen-bond donors (Lipinski definition) is 1. The predicted molar refractivity (Wildman–Crippen MR) is 118 cm³/mol. The van der Waals surface area contributed by atoms with E-state index in [1.54, 1.807) is 18.5 Å². The second-order valence-electron chi connectivity index (χ2n) is 8.36. The van der Waals surface area contributed by atoms with Crippen LogP contribution in [-0.4, -0.2) is 51.0 Å². The number of para-hydroxylation sites is 1. The van der Waals surface area contributed by atoms with Crippen molar-refractivity contribution in [3.8, 4) is 11.3 Å². The van der Waals surface area contributed by atoms with Crippen LogP contribution in [0.3, 0.4) is 0 Å². The molecule has 1 fully saturated rings. The molecule has 5 rings (SSSR count). The Balaban J connectivity index is 1.23. The number of likely N-dealkylation sites (tertiary alicyclic amines) is 1. The van der Waals surface area contributed by atoms with Crippen molar-refractivity contribution in [3.63, 3.8) is 0 Å². The van der Waals surface area contributed by atoms with Gasteiger partial charge in [-0.3, -0.25) is 19.7 Å². The SMILES string of the molecule is C[C@@H]1Cc2ccccc2N1C(=O)C1CCN(C(=O)c2cc(-c3ccncc3)n[nH]2)CC1. The van der Waals surface area contributed by atoms with Crippen LogP contribution in [-0.2, 0) is 11.2 Å². The number of carbonyl (C=O) groups excluding carboxylic acids is 2. The Kier molecular flexibility index (Phi) is 5.02. The molecule has 0 unspecified atom stereocenters. The molecule has 4 heterocycles. The molecule has 1 N–H and O–H groups in total. The molecule has 7 nitrogen and oxygen atoms in total. The molecule has 7 heteroatoms. The van der Waals surface area contributed by atoms with Crippen LogP contribution in [0.2, 0.25) is 0 Å². The number of fused-ring (bicyclic) bond motifs is 1. The van der Waals surface area contributed by atoms with Crippen molar-refractivity contribution in [1.29, 1.82) is 0 Å². The maximum Gasteiger partial charge on any atom is 0.271 e. The largest absolute Gasteiger partial charge is 0.337 e. The second-order valence-corrected chi connectivity index (χ2v) is 8.36. The summed E-state index contributed by atoms with van der Waals surface area (Å²) in [6, 6.07) is 13.8. The third-order valence-corrected chi connectivity index (χ3v) is 6.36. The molecule has 0 bridgehead atoms. The summed E-state index contributed by atoms with van der Waals surface area (Å²) >= 11 is 0. The molecule has 3 aromatic rings. The molecule has 1 atom stereocenters. The Morgan fingerprint density at radius 2 is 1.81 bits per heavy atom. The van der Waals surface area contributed by atoms with Gasteiger partial charge in [0.15, 0.2) is 0 Å². The molecule has 31 heavy (non-hydrogen) atoms. The number of nitrogens with one attached hydrogen (secondary N) is 1. The molecule has 2 aliphatic rings. The van der Waals surface area contributed by atoms with Gasteiger partial charge in [0.05, 0.1) is 5.69 Å². The minimum atomic E-state index is -0.0707. The minimum absolute atomic E-state index is 0.0493. The molecule has 0 radical (unpaired) electrons. The molecular weight excluding hydrogens is 390 g/mol. The van der Waals surface area contributed by atoms with Crippen LogP contribution in [0.25, 0.3) is 11.3 Å². The Hall–Kier alpha value is -3.48. The van der Waals surface area contributed by atoms with Gasteiger partial charge in [-0.05, 0) is 56.0 Å². The summed E-state index contributed by atoms with van der Waals surface area (Å²) in [6.45, 7) is 3.25. The van der Waals surface area contributed by atoms with Crippen LogP contribution in [0.5, 0.6) is 0 Å². The van der Waals surface area contributed by atoms with Gasteiger partial charge in [-0.25, -0.2) is 0 Å². The third-order valence-electron chi connectivity index (χ3n) is 6.36. The van der Waals surface area contributed by atoms with E-state index in [9.17, 15) is 9.59 Å². The maximum atomic E-state index is 13.3. The lowest BCUT2D eigenvalue weighted by Crippen LogP contribution is -2.46. The zero-order chi connectivity index (χ0) is 21.4. The Bertz CT molecular complexity index is 1100. The van der Waals surface area contributed by atoms with Crippen LogP contribution < -0.4 is 4.90 Å². The van der Waals surface area contributed by atoms with Gasteiger partial charge >= 0.3 is 0 Å². The van der Waals surface area contributed by atoms with Crippen molar-refractivity contribution in [2.75, 3.05) is 18.0 Å². The van der Waals surface area contributed by atoms with E-state index in [-0.39, 0.29) is 23.8 Å². The Morgan fingerprint density at radius 1 is 1.06 bits per heavy atom. The van der Waals surface area contributed by atoms with E-state index in [4.69, 9.17) is 0 Å². The van der Waals surface area contributed by atoms with Gasteiger partial charge in [0.2, 0.25) is 5.91 Å². The van der Waals surface area contributed by atoms with Crippen molar-refractivity contribution in [3.05, 3.63) is 66.1 Å². The number of hydrogen-bond acceptors (Lipinski definition) is 4. The Labute approximate surface area is 181 Å². The molecule has 1 saturated heterocycles. The average Bonchev–Trinajstić information content (AvgIpc) is 3.43. The average molecular weight is 415 g/mol. The van der Waals surface area contributed by atoms with Crippen molar-refractivity contribution in [1.82, 2.24) is 20.1 Å². The summed E-state index contributed by atoms with van der Waals surface area (Å²) in [6.07, 6.45) is 5.67. The lowest BCUT2D eigenvalue weighted by atomic mass is 9.94. The van der Waals surface area contributed by atoms with E-state index in [0.29, 0.717) is 31.6 Å². The molecule has 2 aliphatic heterocycles. The third kappa shape index (κ3) is 3.60. The number of rotatable bonds is 3. The number of nitrogens with zero attached hydrogens (tertiary/aromatic N) is 4. The molecule has 2 aromatic heterocycles. The fourth-order valence-corrected chi connectivity index (χ4v) is 4.70. The molecule has 2 amide bonds. The number of benzene rings is 1. The number of amides is 2. The van der Waals surface area contributed by atoms with Gasteiger partial charge < -0.3 is 9.80 Å². The van der Waals surface area contributed by atoms with Crippen molar-refractivity contribution in [2.24, 2.45) is 5.92 Å². The zero-order valence-corrected chi connectivity index (χ0v) is 17.5. The summed E-state index contributed by atoms with van der Waals surface area (Å²) in [7, 11) is 0. The first-order valence-electron chi connectivity index (χ1n) is 10.8. The first kappa shape index (κ1) is 19.5. The fraction of sp³-hybridized carbons (Fsp3) is 0.333. The molecule has 0 saturated carbocycles. The van der Waals surface area contributed by atoms with Crippen LogP contribution in [0.15, 0.2) is 54.9 Å². The predicted octanol–water partition coefficient (Wildman–Crippen LogP) is 3.30. The summed E-state index contributed by atoms with van der Waals surface area (Å²) in [5.74, 6) is 0.0662. The van der Waals surface area contributed by atoms with Gasteiger partial charge in [0.25, 0.3) is 5.91 Å². The normalized spacial score (nSPS) is 18.8. The van der Waals surface area contributed by atoms with Crippen molar-refractivity contribution < 1.29 is 9.59 Å². The highest BCUT2D eigenvalue weighted by molar-refractivity contribution is 5.98. The monoisotopic (exact) mass is 415 g/mol. The highest BCUT2D eigenvalue weighted by Crippen LogP contribution is 2.34. The van der Waals surface area contributed by atoms with Crippen LogP contribution in [0, 0.1) is 5.92 Å². The number of H-pyrrole nitrogens is 1. The van der Waals surface area contributed by atoms with E-state index < -0.39 is 0 Å². The molecule has 1 aromatic carbocycles. The highest BCUT2D eigenvalue weighted by Gasteiger charge is 2.36. The smallest absolute Gasteiger partial charge is 0.271 e. The van der Waals surface area contributed by atoms with Crippen molar-refractivity contribution in [2.45, 2.75) is 32.2 Å². The lowest BCUT2D eigenvalue weighted by Gasteiger charge is -2.34. The fourth-order valence-electron chi connectivity index (χ4n) is 4.70. The first-order chi connectivity index (χ1) is 15.1. The molecule has 0 aliphatic carbocycles. The van der Waals surface area contributed by atoms with Gasteiger partial charge in [-0.15, -0.1) is 0 Å². The van der Waals surface area contributed by atoms with Gasteiger partial charge in [0, 0.05) is 48.7 Å². The van der Waals surface area contributed by atoms with Crippen LogP contribution >= 0.6 is 0 Å². The van der Waals surface area contributed by atoms with Gasteiger partial charge in [-0.2, -0.15) is 5.10 Å². The number of carbonyl (C=O) groups is 2. The van der Waals surface area contributed by atoms with E-state index in [1.807, 2.05) is 40.1 Å². The van der Waals surface area contributed by atoms with Crippen LogP contribution in [0.4, 0.5) is 5.69 Å². The van der Waals surface area contributed by atoms with E-state index in [1.165, 1.54) is 5.56 Å². The van der Waals surface area contributed by atoms with E-state index in [0.717, 1.165) is 23.4 Å². The maximum absolute atomic E-state index is 13.3. The number of aromatic amines is 1. The lowest BCUT2D eigenvalue weighted by molar-refractivity contribution is -0.124. The quantitative estimate of drug-likeness (QED) is 0.712. The van der Waals surface area contributed by atoms with Crippen LogP contribution in [0.1, 0.15) is 35.8 Å². The highest BCUT2D eigenvalue weighted by atomic mass is 16.2. The van der Waals surface area contributed by atoms with Gasteiger partial charge in [-0.1, -0.05) is 18.2 Å². The Morgan fingerprint density at radius 3 is 2.58 bits per heavy atom. The molecular formula is C24H25N5O2. The number of anilines is 1. The second kappa shape index (κ2) is 7.98. The molecule has 0 spiro atoms. The van der Waals surface area contributed by atoms with E-state index >= 15 is 0 Å². The number of piperidine rings is 1. The summed E-state index contributed by atoms with van der Waals surface area (Å²) in [4.78, 5) is 34.0. The first-order valence-corrected chi connectivity index (χ1v) is 10.8. The summed E-state index contributed by atoms with van der Waals surface area (Å²) < 4.78 is 0. The van der Waals surface area contributed by atoms with Gasteiger partial charge in [0.1, 0.15) is 5.69 Å². The number of aromatic nitrogens is 3. The summed E-state index contributed by atoms with van der Waals surface area (Å²) in [5.41, 5.74) is 4.38. The van der Waals surface area contributed by atoms with Crippen molar-refractivity contribution >= 4 is 17.5 Å². The minimum Gasteiger partial charge on any atom is -0.337 e. The molecule has 158 valence electrons.